The number of anilines is 3. The van der Waals surface area contributed by atoms with E-state index in [0.717, 1.165) is 33.8 Å². The third kappa shape index (κ3) is 3.63. The van der Waals surface area contributed by atoms with E-state index in [1.165, 1.54) is 12.1 Å². The van der Waals surface area contributed by atoms with Crippen LogP contribution in [-0.4, -0.2) is 6.36 Å². The number of alkyl halides is 3. The molecule has 3 nitrogen and oxygen atoms in total. The maximum atomic E-state index is 12.4. The zero-order valence-electron chi connectivity index (χ0n) is 15.5. The Bertz CT molecular complexity index is 979. The Balaban J connectivity index is 1.73. The average Bonchev–Trinajstić information content (AvgIpc) is 2.99. The number of para-hydroxylation sites is 1. The molecule has 0 atom stereocenters. The molecule has 0 spiro atoms. The molecule has 0 amide bonds. The van der Waals surface area contributed by atoms with Gasteiger partial charge in [-0.15, -0.1) is 13.2 Å². The lowest BCUT2D eigenvalue weighted by Crippen LogP contribution is -2.33. The molecular formula is C22H19F3N2O. The third-order valence-electron chi connectivity index (χ3n) is 4.60. The first-order chi connectivity index (χ1) is 13.3. The van der Waals surface area contributed by atoms with E-state index in [1.54, 1.807) is 12.1 Å². The van der Waals surface area contributed by atoms with Crippen LogP contribution in [0.2, 0.25) is 0 Å². The summed E-state index contributed by atoms with van der Waals surface area (Å²) in [5, 5.41) is 4.16. The maximum Gasteiger partial charge on any atom is 0.573 e. The zero-order chi connectivity index (χ0) is 19.9. The molecule has 0 fully saturated rings. The number of ether oxygens (including phenoxy) is 1. The van der Waals surface area contributed by atoms with Gasteiger partial charge in [0.1, 0.15) is 5.75 Å². The molecule has 1 aliphatic heterocycles. The van der Waals surface area contributed by atoms with Crippen LogP contribution in [0, 0.1) is 13.8 Å². The lowest BCUT2D eigenvalue weighted by atomic mass is 10.1. The van der Waals surface area contributed by atoms with E-state index in [0.29, 0.717) is 6.54 Å². The fourth-order valence-electron chi connectivity index (χ4n) is 3.59. The molecule has 0 saturated carbocycles. The Morgan fingerprint density at radius 2 is 1.46 bits per heavy atom. The van der Waals surface area contributed by atoms with E-state index in [9.17, 15) is 13.2 Å². The Morgan fingerprint density at radius 1 is 0.821 bits per heavy atom. The first kappa shape index (κ1) is 18.2. The zero-order valence-corrected chi connectivity index (χ0v) is 15.5. The summed E-state index contributed by atoms with van der Waals surface area (Å²) in [6.45, 7) is 4.72. The van der Waals surface area contributed by atoms with E-state index in [2.05, 4.69) is 39.0 Å². The minimum atomic E-state index is -4.70. The van der Waals surface area contributed by atoms with Crippen molar-refractivity contribution in [3.63, 3.8) is 0 Å². The normalized spacial score (nSPS) is 13.6. The molecule has 3 aromatic rings. The van der Waals surface area contributed by atoms with Gasteiger partial charge in [0.05, 0.1) is 23.6 Å². The van der Waals surface area contributed by atoms with Crippen molar-refractivity contribution in [2.45, 2.75) is 26.8 Å². The number of hydrazine groups is 1. The van der Waals surface area contributed by atoms with E-state index in [1.807, 2.05) is 32.0 Å². The van der Waals surface area contributed by atoms with Gasteiger partial charge in [-0.3, -0.25) is 10.0 Å². The Morgan fingerprint density at radius 3 is 2.11 bits per heavy atom. The van der Waals surface area contributed by atoms with Crippen LogP contribution in [0.3, 0.4) is 0 Å². The largest absolute Gasteiger partial charge is 0.573 e. The van der Waals surface area contributed by atoms with Crippen molar-refractivity contribution in [1.29, 1.82) is 0 Å². The molecule has 0 N–H and O–H groups in total. The fourth-order valence-corrected chi connectivity index (χ4v) is 3.59. The molecule has 1 heterocycles. The first-order valence-corrected chi connectivity index (χ1v) is 8.90. The molecule has 6 heteroatoms. The number of aryl methyl sites for hydroxylation is 2. The Labute approximate surface area is 161 Å². The van der Waals surface area contributed by atoms with E-state index in [-0.39, 0.29) is 5.75 Å². The SMILES string of the molecule is Cc1cc(C)cc(N2c3ccccc3CN2c2ccc(OC(F)(F)F)cc2)c1. The third-order valence-corrected chi connectivity index (χ3v) is 4.60. The summed E-state index contributed by atoms with van der Waals surface area (Å²) in [4.78, 5) is 0. The lowest BCUT2D eigenvalue weighted by Gasteiger charge is -2.32. The van der Waals surface area contributed by atoms with Crippen molar-refractivity contribution in [2.75, 3.05) is 10.0 Å². The van der Waals surface area contributed by atoms with Gasteiger partial charge in [-0.1, -0.05) is 24.3 Å². The smallest absolute Gasteiger partial charge is 0.406 e. The van der Waals surface area contributed by atoms with Crippen LogP contribution in [0.15, 0.2) is 66.7 Å². The molecule has 0 radical (unpaired) electrons. The number of nitrogens with zero attached hydrogens (tertiary/aromatic N) is 2. The summed E-state index contributed by atoms with van der Waals surface area (Å²) in [5.74, 6) is -0.231. The van der Waals surface area contributed by atoms with Crippen LogP contribution in [0.25, 0.3) is 0 Å². The van der Waals surface area contributed by atoms with E-state index < -0.39 is 6.36 Å². The number of halogens is 3. The molecule has 0 saturated heterocycles. The predicted octanol–water partition coefficient (Wildman–Crippen LogP) is 6.28. The van der Waals surface area contributed by atoms with Gasteiger partial charge in [-0.25, -0.2) is 0 Å². The van der Waals surface area contributed by atoms with Gasteiger partial charge in [-0.2, -0.15) is 0 Å². The van der Waals surface area contributed by atoms with Crippen molar-refractivity contribution in [2.24, 2.45) is 0 Å². The number of hydrogen-bond donors (Lipinski definition) is 0. The first-order valence-electron chi connectivity index (χ1n) is 8.90. The molecule has 144 valence electrons. The van der Waals surface area contributed by atoms with Crippen molar-refractivity contribution in [1.82, 2.24) is 0 Å². The summed E-state index contributed by atoms with van der Waals surface area (Å²) in [6, 6.07) is 20.4. The standard InChI is InChI=1S/C22H19F3N2O/c1-15-11-16(2)13-19(12-15)27-21-6-4-3-5-17(21)14-26(27)18-7-9-20(10-8-18)28-22(23,24)25/h3-13H,14H2,1-2H3. The van der Waals surface area contributed by atoms with Gasteiger partial charge in [0.15, 0.2) is 0 Å². The second kappa shape index (κ2) is 6.78. The molecule has 0 bridgehead atoms. The molecule has 28 heavy (non-hydrogen) atoms. The highest BCUT2D eigenvalue weighted by Gasteiger charge is 2.32. The van der Waals surface area contributed by atoms with Crippen LogP contribution < -0.4 is 14.8 Å². The topological polar surface area (TPSA) is 15.7 Å². The van der Waals surface area contributed by atoms with Crippen molar-refractivity contribution < 1.29 is 17.9 Å². The highest BCUT2D eigenvalue weighted by molar-refractivity contribution is 5.77. The van der Waals surface area contributed by atoms with Crippen LogP contribution >= 0.6 is 0 Å². The summed E-state index contributed by atoms with van der Waals surface area (Å²) in [5.41, 5.74) is 6.30. The predicted molar refractivity (Wildman–Crippen MR) is 104 cm³/mol. The number of hydrogen-bond acceptors (Lipinski definition) is 3. The van der Waals surface area contributed by atoms with Crippen molar-refractivity contribution in [3.05, 3.63) is 83.4 Å². The molecule has 0 unspecified atom stereocenters. The minimum absolute atomic E-state index is 0.231. The van der Waals surface area contributed by atoms with Crippen LogP contribution in [0.5, 0.6) is 5.75 Å². The summed E-state index contributed by atoms with van der Waals surface area (Å²) in [7, 11) is 0. The molecule has 0 aromatic heterocycles. The van der Waals surface area contributed by atoms with Crippen molar-refractivity contribution in [3.8, 4) is 5.75 Å². The van der Waals surface area contributed by atoms with Gasteiger partial charge in [0.2, 0.25) is 0 Å². The minimum Gasteiger partial charge on any atom is -0.406 e. The number of rotatable bonds is 3. The lowest BCUT2D eigenvalue weighted by molar-refractivity contribution is -0.274. The number of benzene rings is 3. The molecule has 1 aliphatic rings. The summed E-state index contributed by atoms with van der Waals surface area (Å²) >= 11 is 0. The summed E-state index contributed by atoms with van der Waals surface area (Å²) in [6.07, 6.45) is -4.70. The molecule has 0 aliphatic carbocycles. The molecule has 3 aromatic carbocycles. The highest BCUT2D eigenvalue weighted by Crippen LogP contribution is 2.41. The van der Waals surface area contributed by atoms with Gasteiger partial charge in [-0.05, 0) is 73.0 Å². The monoisotopic (exact) mass is 384 g/mol. The molecular weight excluding hydrogens is 365 g/mol. The average molecular weight is 384 g/mol. The quantitative estimate of drug-likeness (QED) is 0.529. The van der Waals surface area contributed by atoms with E-state index >= 15 is 0 Å². The van der Waals surface area contributed by atoms with Crippen LogP contribution in [-0.2, 0) is 6.54 Å². The second-order valence-electron chi connectivity index (χ2n) is 6.89. The highest BCUT2D eigenvalue weighted by atomic mass is 19.4. The van der Waals surface area contributed by atoms with Gasteiger partial charge >= 0.3 is 6.36 Å². The van der Waals surface area contributed by atoms with Gasteiger partial charge in [0.25, 0.3) is 0 Å². The van der Waals surface area contributed by atoms with Gasteiger partial charge in [0, 0.05) is 0 Å². The summed E-state index contributed by atoms with van der Waals surface area (Å²) < 4.78 is 41.3. The maximum absolute atomic E-state index is 12.4. The van der Waals surface area contributed by atoms with Gasteiger partial charge < -0.3 is 4.74 Å². The Hall–Kier alpha value is -3.15. The fraction of sp³-hybridized carbons (Fsp3) is 0.182. The molecule has 4 rings (SSSR count). The number of fused-ring (bicyclic) bond motifs is 1. The van der Waals surface area contributed by atoms with Crippen LogP contribution in [0.4, 0.5) is 30.2 Å². The Kier molecular flexibility index (Phi) is 4.41. The van der Waals surface area contributed by atoms with Crippen molar-refractivity contribution >= 4 is 17.1 Å². The second-order valence-corrected chi connectivity index (χ2v) is 6.89. The van der Waals surface area contributed by atoms with E-state index in [4.69, 9.17) is 0 Å². The van der Waals surface area contributed by atoms with Crippen LogP contribution in [0.1, 0.15) is 16.7 Å².